The van der Waals surface area contributed by atoms with Gasteiger partial charge in [-0.25, -0.2) is 0 Å². The van der Waals surface area contributed by atoms with Gasteiger partial charge >= 0.3 is 0 Å². The average molecular weight is 272 g/mol. The van der Waals surface area contributed by atoms with Crippen molar-refractivity contribution >= 4 is 16.7 Å². The van der Waals surface area contributed by atoms with Gasteiger partial charge < -0.3 is 16.2 Å². The monoisotopic (exact) mass is 272 g/mol. The second kappa shape index (κ2) is 5.92. The van der Waals surface area contributed by atoms with Crippen LogP contribution in [0.25, 0.3) is 10.8 Å². The van der Waals surface area contributed by atoms with Crippen molar-refractivity contribution in [1.29, 1.82) is 0 Å². The van der Waals surface area contributed by atoms with Crippen molar-refractivity contribution in [2.24, 2.45) is 11.5 Å². The fraction of sp³-hybridized carbons (Fsp3) is 0.312. The first-order valence-electron chi connectivity index (χ1n) is 6.71. The number of fused-ring (bicyclic) bond motifs is 1. The van der Waals surface area contributed by atoms with E-state index in [1.807, 2.05) is 43.3 Å². The largest absolute Gasteiger partial charge is 0.481 e. The summed E-state index contributed by atoms with van der Waals surface area (Å²) in [5, 5.41) is 2.22. The van der Waals surface area contributed by atoms with Crippen LogP contribution in [0.5, 0.6) is 5.75 Å². The first-order valence-corrected chi connectivity index (χ1v) is 6.71. The summed E-state index contributed by atoms with van der Waals surface area (Å²) in [7, 11) is 0. The Morgan fingerprint density at radius 3 is 2.55 bits per heavy atom. The third kappa shape index (κ3) is 3.08. The van der Waals surface area contributed by atoms with Crippen molar-refractivity contribution < 1.29 is 9.53 Å². The van der Waals surface area contributed by atoms with Gasteiger partial charge in [-0.15, -0.1) is 0 Å². The number of ether oxygens (including phenoxy) is 1. The third-order valence-electron chi connectivity index (χ3n) is 3.23. The number of carbonyl (C=O) groups excluding carboxylic acids is 1. The summed E-state index contributed by atoms with van der Waals surface area (Å²) >= 11 is 0. The Morgan fingerprint density at radius 2 is 1.90 bits per heavy atom. The molecule has 0 saturated carbocycles. The molecule has 0 spiro atoms. The third-order valence-corrected chi connectivity index (χ3v) is 3.23. The molecule has 2 aromatic carbocycles. The molecule has 0 bridgehead atoms. The van der Waals surface area contributed by atoms with E-state index in [-0.39, 0.29) is 6.04 Å². The molecule has 0 fully saturated rings. The summed E-state index contributed by atoms with van der Waals surface area (Å²) in [5.41, 5.74) is 12.2. The highest BCUT2D eigenvalue weighted by atomic mass is 16.5. The number of hydrogen-bond donors (Lipinski definition) is 2. The number of carbonyl (C=O) groups is 1. The maximum atomic E-state index is 11.2. The van der Waals surface area contributed by atoms with Gasteiger partial charge in [-0.1, -0.05) is 30.3 Å². The van der Waals surface area contributed by atoms with E-state index in [0.29, 0.717) is 12.2 Å². The van der Waals surface area contributed by atoms with Crippen LogP contribution in [0.1, 0.15) is 19.4 Å². The molecule has 2 aromatic rings. The second-order valence-corrected chi connectivity index (χ2v) is 5.11. The Kier molecular flexibility index (Phi) is 4.25. The van der Waals surface area contributed by atoms with E-state index in [2.05, 4.69) is 0 Å². The van der Waals surface area contributed by atoms with E-state index >= 15 is 0 Å². The Labute approximate surface area is 118 Å². The molecular formula is C16H20N2O2. The van der Waals surface area contributed by atoms with Gasteiger partial charge in [0.25, 0.3) is 5.91 Å². The minimum atomic E-state index is -0.664. The lowest BCUT2D eigenvalue weighted by Crippen LogP contribution is -2.31. The molecule has 4 nitrogen and oxygen atoms in total. The highest BCUT2D eigenvalue weighted by molar-refractivity contribution is 5.88. The van der Waals surface area contributed by atoms with Gasteiger partial charge in [0.05, 0.1) is 0 Å². The molecule has 0 saturated heterocycles. The lowest BCUT2D eigenvalue weighted by atomic mass is 9.98. The lowest BCUT2D eigenvalue weighted by Gasteiger charge is -2.18. The van der Waals surface area contributed by atoms with Crippen molar-refractivity contribution in [2.75, 3.05) is 0 Å². The quantitative estimate of drug-likeness (QED) is 0.873. The van der Waals surface area contributed by atoms with Crippen LogP contribution in [-0.2, 0) is 11.2 Å². The van der Waals surface area contributed by atoms with Crippen LogP contribution in [0.2, 0.25) is 0 Å². The topological polar surface area (TPSA) is 78.3 Å². The van der Waals surface area contributed by atoms with Gasteiger partial charge in [0, 0.05) is 11.6 Å². The van der Waals surface area contributed by atoms with E-state index < -0.39 is 12.0 Å². The molecule has 4 heteroatoms. The minimum Gasteiger partial charge on any atom is -0.481 e. The zero-order valence-corrected chi connectivity index (χ0v) is 11.8. The van der Waals surface area contributed by atoms with Crippen LogP contribution >= 0.6 is 0 Å². The van der Waals surface area contributed by atoms with Crippen LogP contribution < -0.4 is 16.2 Å². The molecule has 0 heterocycles. The molecule has 4 N–H and O–H groups in total. The number of benzene rings is 2. The van der Waals surface area contributed by atoms with Gasteiger partial charge in [0.2, 0.25) is 0 Å². The molecule has 2 rings (SSSR count). The Bertz CT molecular complexity index is 623. The zero-order chi connectivity index (χ0) is 14.7. The van der Waals surface area contributed by atoms with Crippen LogP contribution in [-0.4, -0.2) is 18.1 Å². The van der Waals surface area contributed by atoms with E-state index in [4.69, 9.17) is 16.2 Å². The van der Waals surface area contributed by atoms with Gasteiger partial charge in [-0.2, -0.15) is 0 Å². The highest BCUT2D eigenvalue weighted by Gasteiger charge is 2.15. The van der Waals surface area contributed by atoms with Gasteiger partial charge in [0.15, 0.2) is 6.10 Å². The first-order chi connectivity index (χ1) is 9.49. The van der Waals surface area contributed by atoms with Crippen molar-refractivity contribution in [3.8, 4) is 5.75 Å². The second-order valence-electron chi connectivity index (χ2n) is 5.11. The molecule has 0 radical (unpaired) electrons. The SMILES string of the molecule is CC(N)Cc1c(OC(C)C(N)=O)ccc2ccccc12. The van der Waals surface area contributed by atoms with Crippen molar-refractivity contribution in [3.63, 3.8) is 0 Å². The molecule has 2 unspecified atom stereocenters. The summed E-state index contributed by atoms with van der Waals surface area (Å²) in [6.07, 6.45) is 0.0188. The molecule has 0 aliphatic heterocycles. The fourth-order valence-electron chi connectivity index (χ4n) is 2.21. The standard InChI is InChI=1S/C16H20N2O2/c1-10(17)9-14-13-6-4-3-5-12(13)7-8-15(14)20-11(2)16(18)19/h3-8,10-11H,9,17H2,1-2H3,(H2,18,19). The van der Waals surface area contributed by atoms with Crippen molar-refractivity contribution in [2.45, 2.75) is 32.4 Å². The number of nitrogens with two attached hydrogens (primary N) is 2. The smallest absolute Gasteiger partial charge is 0.258 e. The number of amides is 1. The Hall–Kier alpha value is -2.07. The summed E-state index contributed by atoms with van der Waals surface area (Å²) in [6.45, 7) is 3.59. The molecule has 20 heavy (non-hydrogen) atoms. The van der Waals surface area contributed by atoms with Gasteiger partial charge in [0.1, 0.15) is 5.75 Å². The van der Waals surface area contributed by atoms with Crippen molar-refractivity contribution in [3.05, 3.63) is 42.0 Å². The molecule has 1 amide bonds. The molecule has 0 aromatic heterocycles. The summed E-state index contributed by atoms with van der Waals surface area (Å²) < 4.78 is 5.69. The van der Waals surface area contributed by atoms with Crippen molar-refractivity contribution in [1.82, 2.24) is 0 Å². The summed E-state index contributed by atoms with van der Waals surface area (Å²) in [5.74, 6) is 0.192. The highest BCUT2D eigenvalue weighted by Crippen LogP contribution is 2.29. The lowest BCUT2D eigenvalue weighted by molar-refractivity contribution is -0.123. The number of hydrogen-bond acceptors (Lipinski definition) is 3. The fourth-order valence-corrected chi connectivity index (χ4v) is 2.21. The molecular weight excluding hydrogens is 252 g/mol. The Morgan fingerprint density at radius 1 is 1.20 bits per heavy atom. The molecule has 0 aliphatic carbocycles. The van der Waals surface area contributed by atoms with Crippen LogP contribution in [0.4, 0.5) is 0 Å². The maximum Gasteiger partial charge on any atom is 0.258 e. The normalized spacial score (nSPS) is 13.9. The van der Waals surface area contributed by atoms with Gasteiger partial charge in [-0.3, -0.25) is 4.79 Å². The molecule has 106 valence electrons. The summed E-state index contributed by atoms with van der Waals surface area (Å²) in [4.78, 5) is 11.2. The average Bonchev–Trinajstić information content (AvgIpc) is 2.40. The molecule has 2 atom stereocenters. The number of rotatable bonds is 5. The van der Waals surface area contributed by atoms with E-state index in [9.17, 15) is 4.79 Å². The van der Waals surface area contributed by atoms with Crippen LogP contribution in [0.15, 0.2) is 36.4 Å². The van der Waals surface area contributed by atoms with E-state index in [1.165, 1.54) is 0 Å². The maximum absolute atomic E-state index is 11.2. The number of primary amides is 1. The minimum absolute atomic E-state index is 0.00652. The van der Waals surface area contributed by atoms with E-state index in [1.54, 1.807) is 6.92 Å². The van der Waals surface area contributed by atoms with E-state index in [0.717, 1.165) is 16.3 Å². The first kappa shape index (κ1) is 14.3. The summed E-state index contributed by atoms with van der Waals surface area (Å²) in [6, 6.07) is 11.9. The predicted molar refractivity (Wildman–Crippen MR) is 80.6 cm³/mol. The van der Waals surface area contributed by atoms with Crippen LogP contribution in [0.3, 0.4) is 0 Å². The Balaban J connectivity index is 2.49. The zero-order valence-electron chi connectivity index (χ0n) is 11.8. The molecule has 0 aliphatic rings. The van der Waals surface area contributed by atoms with Crippen LogP contribution in [0, 0.1) is 0 Å². The predicted octanol–water partition coefficient (Wildman–Crippen LogP) is 1.98. The van der Waals surface area contributed by atoms with Gasteiger partial charge in [-0.05, 0) is 37.1 Å².